The number of hydrogen-bond donors (Lipinski definition) is 2. The van der Waals surface area contributed by atoms with E-state index in [2.05, 4.69) is 15.6 Å². The molecule has 0 aliphatic carbocycles. The zero-order chi connectivity index (χ0) is 20.8. The Morgan fingerprint density at radius 3 is 2.62 bits per heavy atom. The number of aromatic nitrogens is 1. The maximum atomic E-state index is 13.0. The summed E-state index contributed by atoms with van der Waals surface area (Å²) in [6.45, 7) is 0.345. The monoisotopic (exact) mass is 396 g/mol. The molecule has 0 radical (unpaired) electrons. The topological polar surface area (TPSA) is 87.5 Å². The van der Waals surface area contributed by atoms with Gasteiger partial charge in [-0.25, -0.2) is 14.2 Å². The fraction of sp³-hybridized carbons (Fsp3) is 0.190. The molecule has 1 heterocycles. The van der Waals surface area contributed by atoms with E-state index in [0.717, 1.165) is 0 Å². The Balaban J connectivity index is 1.50. The van der Waals surface area contributed by atoms with Crippen molar-refractivity contribution in [1.29, 1.82) is 0 Å². The molecule has 7 nitrogen and oxygen atoms in total. The van der Waals surface area contributed by atoms with Gasteiger partial charge in [0.25, 0.3) is 5.91 Å². The minimum absolute atomic E-state index is 0.142. The number of nitrogens with zero attached hydrogens (tertiary/aromatic N) is 2. The number of nitrogens with one attached hydrogen (secondary N) is 2. The number of halogens is 1. The molecule has 0 spiro atoms. The van der Waals surface area contributed by atoms with E-state index in [-0.39, 0.29) is 17.8 Å². The third-order valence-electron chi connectivity index (χ3n) is 4.08. The van der Waals surface area contributed by atoms with Crippen LogP contribution >= 0.6 is 0 Å². The molecule has 0 aliphatic heterocycles. The smallest absolute Gasteiger partial charge is 0.319 e. The third-order valence-corrected chi connectivity index (χ3v) is 4.08. The van der Waals surface area contributed by atoms with Crippen LogP contribution in [-0.2, 0) is 6.42 Å². The predicted octanol–water partition coefficient (Wildman–Crippen LogP) is 3.55. The summed E-state index contributed by atoms with van der Waals surface area (Å²) < 4.78 is 18.4. The first-order valence-electron chi connectivity index (χ1n) is 8.99. The first kappa shape index (κ1) is 20.1. The predicted molar refractivity (Wildman–Crippen MR) is 107 cm³/mol. The molecule has 3 rings (SSSR count). The van der Waals surface area contributed by atoms with Crippen LogP contribution in [0, 0.1) is 5.82 Å². The molecule has 1 aromatic heterocycles. The fourth-order valence-electron chi connectivity index (χ4n) is 2.61. The van der Waals surface area contributed by atoms with Crippen molar-refractivity contribution in [2.75, 3.05) is 26.0 Å². The average molecular weight is 396 g/mol. The number of carbonyl (C=O) groups excluding carboxylic acids is 2. The van der Waals surface area contributed by atoms with Crippen LogP contribution in [0.15, 0.2) is 59.2 Å². The van der Waals surface area contributed by atoms with E-state index in [1.54, 1.807) is 50.5 Å². The van der Waals surface area contributed by atoms with Gasteiger partial charge < -0.3 is 20.0 Å². The van der Waals surface area contributed by atoms with Gasteiger partial charge >= 0.3 is 6.03 Å². The van der Waals surface area contributed by atoms with Gasteiger partial charge in [0.05, 0.1) is 5.69 Å². The molecular formula is C21H21FN4O3. The quantitative estimate of drug-likeness (QED) is 0.667. The van der Waals surface area contributed by atoms with Crippen molar-refractivity contribution >= 4 is 17.6 Å². The molecule has 2 aromatic carbocycles. The molecule has 0 saturated carbocycles. The maximum absolute atomic E-state index is 13.0. The second-order valence-corrected chi connectivity index (χ2v) is 6.56. The number of urea groups is 1. The van der Waals surface area contributed by atoms with Gasteiger partial charge in [-0.3, -0.25) is 4.79 Å². The number of hydrogen-bond acceptors (Lipinski definition) is 4. The Morgan fingerprint density at radius 1 is 1.14 bits per heavy atom. The van der Waals surface area contributed by atoms with Crippen molar-refractivity contribution < 1.29 is 18.4 Å². The summed E-state index contributed by atoms with van der Waals surface area (Å²) in [4.78, 5) is 29.9. The van der Waals surface area contributed by atoms with Gasteiger partial charge in [0.2, 0.25) is 5.89 Å². The lowest BCUT2D eigenvalue weighted by atomic mass is 10.2. The largest absolute Gasteiger partial charge is 0.444 e. The lowest BCUT2D eigenvalue weighted by Crippen LogP contribution is -2.30. The lowest BCUT2D eigenvalue weighted by Gasteiger charge is -2.12. The van der Waals surface area contributed by atoms with Crippen LogP contribution in [0.25, 0.3) is 11.5 Å². The van der Waals surface area contributed by atoms with Crippen LogP contribution in [0.1, 0.15) is 16.1 Å². The van der Waals surface area contributed by atoms with Gasteiger partial charge in [0, 0.05) is 43.9 Å². The average Bonchev–Trinajstić information content (AvgIpc) is 3.17. The molecule has 0 fully saturated rings. The zero-order valence-electron chi connectivity index (χ0n) is 16.1. The summed E-state index contributed by atoms with van der Waals surface area (Å²) in [6.07, 6.45) is 1.98. The van der Waals surface area contributed by atoms with Crippen molar-refractivity contribution in [2.45, 2.75) is 6.42 Å². The molecule has 150 valence electrons. The third kappa shape index (κ3) is 5.41. The maximum Gasteiger partial charge on any atom is 0.319 e. The van der Waals surface area contributed by atoms with E-state index in [1.165, 1.54) is 23.3 Å². The summed E-state index contributed by atoms with van der Waals surface area (Å²) >= 11 is 0. The number of anilines is 1. The molecule has 3 amide bonds. The molecule has 2 N–H and O–H groups in total. The summed E-state index contributed by atoms with van der Waals surface area (Å²) in [5.41, 5.74) is 2.36. The highest BCUT2D eigenvalue weighted by atomic mass is 19.1. The molecular weight excluding hydrogens is 375 g/mol. The molecule has 0 saturated heterocycles. The van der Waals surface area contributed by atoms with Gasteiger partial charge in [-0.15, -0.1) is 0 Å². The van der Waals surface area contributed by atoms with Crippen molar-refractivity contribution in [3.63, 3.8) is 0 Å². The lowest BCUT2D eigenvalue weighted by molar-refractivity contribution is 0.0827. The summed E-state index contributed by atoms with van der Waals surface area (Å²) in [6, 6.07) is 12.2. The fourth-order valence-corrected chi connectivity index (χ4v) is 2.61. The highest BCUT2D eigenvalue weighted by Crippen LogP contribution is 2.19. The second kappa shape index (κ2) is 9.01. The van der Waals surface area contributed by atoms with Crippen LogP contribution < -0.4 is 10.6 Å². The minimum Gasteiger partial charge on any atom is -0.444 e. The first-order valence-corrected chi connectivity index (χ1v) is 8.99. The number of carbonyl (C=O) groups is 2. The number of oxazole rings is 1. The van der Waals surface area contributed by atoms with Gasteiger partial charge in [-0.05, 0) is 42.5 Å². The highest BCUT2D eigenvalue weighted by molar-refractivity contribution is 5.96. The molecule has 0 bridgehead atoms. The second-order valence-electron chi connectivity index (χ2n) is 6.56. The Labute approximate surface area is 167 Å². The SMILES string of the molecule is CN(C)C(=O)c1cccc(NC(=O)NCCc2coc(-c3ccc(F)cc3)n2)c1. The number of rotatable bonds is 6. The van der Waals surface area contributed by atoms with Gasteiger partial charge in [-0.2, -0.15) is 0 Å². The number of amides is 3. The first-order chi connectivity index (χ1) is 13.9. The normalized spacial score (nSPS) is 10.4. The molecule has 29 heavy (non-hydrogen) atoms. The van der Waals surface area contributed by atoms with Crippen molar-refractivity contribution in [3.8, 4) is 11.5 Å². The highest BCUT2D eigenvalue weighted by Gasteiger charge is 2.10. The minimum atomic E-state index is -0.387. The van der Waals surface area contributed by atoms with Crippen LogP contribution in [-0.4, -0.2) is 42.5 Å². The van der Waals surface area contributed by atoms with E-state index >= 15 is 0 Å². The Hall–Kier alpha value is -3.68. The van der Waals surface area contributed by atoms with Gasteiger partial charge in [0.15, 0.2) is 0 Å². The Bertz CT molecular complexity index is 999. The van der Waals surface area contributed by atoms with Crippen molar-refractivity contribution in [3.05, 3.63) is 71.9 Å². The Morgan fingerprint density at radius 2 is 1.90 bits per heavy atom. The van der Waals surface area contributed by atoms with Crippen LogP contribution in [0.2, 0.25) is 0 Å². The summed E-state index contributed by atoms with van der Waals surface area (Å²) in [7, 11) is 3.33. The molecule has 8 heteroatoms. The van der Waals surface area contributed by atoms with E-state index in [4.69, 9.17) is 4.42 Å². The molecule has 0 unspecified atom stereocenters. The van der Waals surface area contributed by atoms with Crippen LogP contribution in [0.5, 0.6) is 0 Å². The van der Waals surface area contributed by atoms with E-state index in [0.29, 0.717) is 41.4 Å². The molecule has 0 atom stereocenters. The molecule has 3 aromatic rings. The van der Waals surface area contributed by atoms with Crippen LogP contribution in [0.4, 0.5) is 14.9 Å². The molecule has 0 aliphatic rings. The summed E-state index contributed by atoms with van der Waals surface area (Å²) in [5, 5.41) is 5.43. The number of benzene rings is 2. The van der Waals surface area contributed by atoms with E-state index in [9.17, 15) is 14.0 Å². The Kier molecular flexibility index (Phi) is 6.23. The van der Waals surface area contributed by atoms with E-state index in [1.807, 2.05) is 0 Å². The summed E-state index contributed by atoms with van der Waals surface area (Å²) in [5.74, 6) is -0.0729. The standard InChI is InChI=1S/C21H21FN4O3/c1-26(2)20(27)15-4-3-5-17(12-15)25-21(28)23-11-10-18-13-29-19(24-18)14-6-8-16(22)9-7-14/h3-9,12-13H,10-11H2,1-2H3,(H2,23,25,28). The van der Waals surface area contributed by atoms with Crippen LogP contribution in [0.3, 0.4) is 0 Å². The van der Waals surface area contributed by atoms with Crippen molar-refractivity contribution in [1.82, 2.24) is 15.2 Å². The van der Waals surface area contributed by atoms with E-state index < -0.39 is 0 Å². The van der Waals surface area contributed by atoms with Gasteiger partial charge in [0.1, 0.15) is 12.1 Å². The van der Waals surface area contributed by atoms with Crippen molar-refractivity contribution in [2.24, 2.45) is 0 Å². The zero-order valence-corrected chi connectivity index (χ0v) is 16.1. The van der Waals surface area contributed by atoms with Gasteiger partial charge in [-0.1, -0.05) is 6.07 Å².